The van der Waals surface area contributed by atoms with Crippen LogP contribution in [0.2, 0.25) is 0 Å². The van der Waals surface area contributed by atoms with Crippen molar-refractivity contribution < 1.29 is 14.3 Å². The number of hydrogen-bond acceptors (Lipinski definition) is 4. The van der Waals surface area contributed by atoms with Crippen molar-refractivity contribution in [3.05, 3.63) is 18.0 Å². The van der Waals surface area contributed by atoms with E-state index in [4.69, 9.17) is 4.74 Å². The van der Waals surface area contributed by atoms with Gasteiger partial charge in [-0.25, -0.2) is 0 Å². The number of amides is 2. The summed E-state index contributed by atoms with van der Waals surface area (Å²) in [5.74, 6) is 0.221. The SMILES string of the molecule is Cn1ccc(C(=O)N(CCCN2CCCC2=O)C2CCOCC2)n1. The van der Waals surface area contributed by atoms with Crippen LogP contribution in [0.1, 0.15) is 42.6 Å². The van der Waals surface area contributed by atoms with Crippen LogP contribution >= 0.6 is 0 Å². The van der Waals surface area contributed by atoms with Crippen LogP contribution < -0.4 is 0 Å². The van der Waals surface area contributed by atoms with Crippen LogP contribution in [0, 0.1) is 0 Å². The molecule has 0 atom stereocenters. The normalized spacial score (nSPS) is 19.0. The average Bonchev–Trinajstić information content (AvgIpc) is 3.20. The van der Waals surface area contributed by atoms with E-state index < -0.39 is 0 Å². The van der Waals surface area contributed by atoms with Gasteiger partial charge >= 0.3 is 0 Å². The lowest BCUT2D eigenvalue weighted by Crippen LogP contribution is -2.45. The first kappa shape index (κ1) is 17.0. The Morgan fingerprint density at radius 2 is 2.21 bits per heavy atom. The lowest BCUT2D eigenvalue weighted by atomic mass is 10.1. The maximum absolute atomic E-state index is 12.9. The molecule has 7 heteroatoms. The second kappa shape index (κ2) is 7.79. The van der Waals surface area contributed by atoms with Crippen molar-refractivity contribution in [1.29, 1.82) is 0 Å². The standard InChI is InChI=1S/C17H26N4O3/c1-19-11-5-15(18-19)17(23)21(14-6-12-24-13-7-14)10-3-9-20-8-2-4-16(20)22/h5,11,14H,2-4,6-10,12-13H2,1H3. The second-order valence-corrected chi connectivity index (χ2v) is 6.55. The maximum atomic E-state index is 12.9. The smallest absolute Gasteiger partial charge is 0.274 e. The van der Waals surface area contributed by atoms with E-state index in [1.54, 1.807) is 16.9 Å². The molecule has 7 nitrogen and oxygen atoms in total. The number of rotatable bonds is 6. The Bertz CT molecular complexity index is 580. The Morgan fingerprint density at radius 3 is 2.83 bits per heavy atom. The summed E-state index contributed by atoms with van der Waals surface area (Å²) >= 11 is 0. The van der Waals surface area contributed by atoms with Gasteiger partial charge in [0.25, 0.3) is 5.91 Å². The topological polar surface area (TPSA) is 67.7 Å². The van der Waals surface area contributed by atoms with E-state index >= 15 is 0 Å². The molecule has 3 heterocycles. The monoisotopic (exact) mass is 334 g/mol. The predicted molar refractivity (Wildman–Crippen MR) is 88.5 cm³/mol. The fraction of sp³-hybridized carbons (Fsp3) is 0.706. The van der Waals surface area contributed by atoms with Crippen LogP contribution in [0.3, 0.4) is 0 Å². The molecule has 2 aliphatic rings. The van der Waals surface area contributed by atoms with E-state index in [1.165, 1.54) is 0 Å². The van der Waals surface area contributed by atoms with E-state index in [0.29, 0.717) is 31.9 Å². The molecule has 0 spiro atoms. The van der Waals surface area contributed by atoms with Gasteiger partial charge in [0, 0.05) is 58.6 Å². The molecule has 24 heavy (non-hydrogen) atoms. The van der Waals surface area contributed by atoms with Gasteiger partial charge < -0.3 is 14.5 Å². The Kier molecular flexibility index (Phi) is 5.50. The summed E-state index contributed by atoms with van der Waals surface area (Å²) in [7, 11) is 1.81. The first-order valence-electron chi connectivity index (χ1n) is 8.81. The summed E-state index contributed by atoms with van der Waals surface area (Å²) in [5.41, 5.74) is 0.487. The summed E-state index contributed by atoms with van der Waals surface area (Å²) in [5, 5.41) is 4.25. The number of nitrogens with zero attached hydrogens (tertiary/aromatic N) is 4. The summed E-state index contributed by atoms with van der Waals surface area (Å²) in [6.45, 7) is 3.63. The molecule has 1 aromatic heterocycles. The molecular formula is C17H26N4O3. The van der Waals surface area contributed by atoms with Crippen LogP contribution in [0.25, 0.3) is 0 Å². The van der Waals surface area contributed by atoms with Crippen LogP contribution in [0.15, 0.2) is 12.3 Å². The summed E-state index contributed by atoms with van der Waals surface area (Å²) < 4.78 is 7.08. The van der Waals surface area contributed by atoms with Gasteiger partial charge in [-0.2, -0.15) is 5.10 Å². The highest BCUT2D eigenvalue weighted by Gasteiger charge is 2.28. The molecule has 0 saturated carbocycles. The first-order valence-corrected chi connectivity index (χ1v) is 8.81. The largest absolute Gasteiger partial charge is 0.381 e. The molecule has 2 amide bonds. The fourth-order valence-electron chi connectivity index (χ4n) is 3.50. The van der Waals surface area contributed by atoms with Crippen LogP contribution in [0.5, 0.6) is 0 Å². The number of carbonyl (C=O) groups is 2. The van der Waals surface area contributed by atoms with E-state index in [0.717, 1.165) is 38.8 Å². The molecule has 0 aliphatic carbocycles. The van der Waals surface area contributed by atoms with Gasteiger partial charge in [0.05, 0.1) is 0 Å². The van der Waals surface area contributed by atoms with Crippen LogP contribution in [0.4, 0.5) is 0 Å². The molecule has 0 bridgehead atoms. The zero-order valence-corrected chi connectivity index (χ0v) is 14.3. The highest BCUT2D eigenvalue weighted by atomic mass is 16.5. The Hall–Kier alpha value is -1.89. The third-order valence-corrected chi connectivity index (χ3v) is 4.82. The van der Waals surface area contributed by atoms with Gasteiger partial charge in [0.2, 0.25) is 5.91 Å². The predicted octanol–water partition coefficient (Wildman–Crippen LogP) is 1.05. The highest BCUT2D eigenvalue weighted by Crippen LogP contribution is 2.18. The molecule has 2 aliphatic heterocycles. The lowest BCUT2D eigenvalue weighted by Gasteiger charge is -2.34. The van der Waals surface area contributed by atoms with E-state index in [-0.39, 0.29) is 17.9 Å². The summed E-state index contributed by atoms with van der Waals surface area (Å²) in [6, 6.07) is 1.96. The van der Waals surface area contributed by atoms with Gasteiger partial charge in [-0.3, -0.25) is 14.3 Å². The number of carbonyl (C=O) groups excluding carboxylic acids is 2. The van der Waals surface area contributed by atoms with Crippen LogP contribution in [-0.4, -0.2) is 70.3 Å². The second-order valence-electron chi connectivity index (χ2n) is 6.55. The molecule has 1 aromatic rings. The van der Waals surface area contributed by atoms with Crippen molar-refractivity contribution in [3.63, 3.8) is 0 Å². The highest BCUT2D eigenvalue weighted by molar-refractivity contribution is 5.92. The average molecular weight is 334 g/mol. The van der Waals surface area contributed by atoms with Crippen LogP contribution in [-0.2, 0) is 16.6 Å². The molecule has 2 fully saturated rings. The lowest BCUT2D eigenvalue weighted by molar-refractivity contribution is -0.127. The van der Waals surface area contributed by atoms with Gasteiger partial charge in [-0.05, 0) is 31.7 Å². The Balaban J connectivity index is 1.62. The molecule has 0 aromatic carbocycles. The van der Waals surface area contributed by atoms with E-state index in [2.05, 4.69) is 5.10 Å². The van der Waals surface area contributed by atoms with E-state index in [1.807, 2.05) is 16.8 Å². The first-order chi connectivity index (χ1) is 11.6. The number of aromatic nitrogens is 2. The van der Waals surface area contributed by atoms with Crippen molar-refractivity contribution in [2.75, 3.05) is 32.8 Å². The van der Waals surface area contributed by atoms with Crippen molar-refractivity contribution in [2.45, 2.75) is 38.1 Å². The molecule has 0 radical (unpaired) electrons. The minimum atomic E-state index is -0.0183. The number of hydrogen-bond donors (Lipinski definition) is 0. The van der Waals surface area contributed by atoms with Crippen molar-refractivity contribution in [2.24, 2.45) is 7.05 Å². The fourth-order valence-corrected chi connectivity index (χ4v) is 3.50. The summed E-state index contributed by atoms with van der Waals surface area (Å²) in [4.78, 5) is 28.4. The quantitative estimate of drug-likeness (QED) is 0.780. The third-order valence-electron chi connectivity index (χ3n) is 4.82. The Labute approximate surface area is 142 Å². The van der Waals surface area contributed by atoms with Gasteiger partial charge in [-0.15, -0.1) is 0 Å². The minimum Gasteiger partial charge on any atom is -0.381 e. The molecular weight excluding hydrogens is 308 g/mol. The van der Waals surface area contributed by atoms with Crippen molar-refractivity contribution >= 4 is 11.8 Å². The minimum absolute atomic E-state index is 0.0183. The maximum Gasteiger partial charge on any atom is 0.274 e. The summed E-state index contributed by atoms with van der Waals surface area (Å²) in [6.07, 6.45) is 5.94. The van der Waals surface area contributed by atoms with Gasteiger partial charge in [0.1, 0.15) is 5.69 Å². The van der Waals surface area contributed by atoms with E-state index in [9.17, 15) is 9.59 Å². The Morgan fingerprint density at radius 1 is 1.42 bits per heavy atom. The molecule has 3 rings (SSSR count). The molecule has 0 unspecified atom stereocenters. The number of aryl methyl sites for hydroxylation is 1. The van der Waals surface area contributed by atoms with Crippen molar-refractivity contribution in [1.82, 2.24) is 19.6 Å². The number of likely N-dealkylation sites (tertiary alicyclic amines) is 1. The third kappa shape index (κ3) is 3.95. The van der Waals surface area contributed by atoms with Crippen molar-refractivity contribution in [3.8, 4) is 0 Å². The van der Waals surface area contributed by atoms with Gasteiger partial charge in [-0.1, -0.05) is 0 Å². The zero-order chi connectivity index (χ0) is 16.9. The molecule has 132 valence electrons. The zero-order valence-electron chi connectivity index (χ0n) is 14.3. The number of ether oxygens (including phenoxy) is 1. The molecule has 0 N–H and O–H groups in total. The molecule has 2 saturated heterocycles. The van der Waals surface area contributed by atoms with Gasteiger partial charge in [0.15, 0.2) is 0 Å².